The van der Waals surface area contributed by atoms with Crippen LogP contribution in [0.25, 0.3) is 5.76 Å². The Kier molecular flexibility index (Phi) is 5.40. The number of nitriles is 1. The van der Waals surface area contributed by atoms with Gasteiger partial charge in [-0.25, -0.2) is 0 Å². The number of rotatable bonds is 3. The molecular weight excluding hydrogens is 458 g/mol. The van der Waals surface area contributed by atoms with Gasteiger partial charge < -0.3 is 5.11 Å². The van der Waals surface area contributed by atoms with E-state index in [-0.39, 0.29) is 11.3 Å². The Labute approximate surface area is 187 Å². The lowest BCUT2D eigenvalue weighted by Gasteiger charge is -2.24. The fourth-order valence-electron chi connectivity index (χ4n) is 3.56. The minimum absolute atomic E-state index is 0.0326. The SMILES string of the molecule is Cc1cc(/C(O)=C2/C(=O)C(=O)N(c3ccc(C#N)cc3)C2c2ccccn2)ccc1Br. The van der Waals surface area contributed by atoms with Crippen LogP contribution in [0, 0.1) is 18.3 Å². The fourth-order valence-corrected chi connectivity index (χ4v) is 3.81. The molecule has 6 nitrogen and oxygen atoms in total. The Bertz CT molecular complexity index is 1260. The summed E-state index contributed by atoms with van der Waals surface area (Å²) in [6, 6.07) is 17.9. The number of carbonyl (C=O) groups excluding carboxylic acids is 2. The summed E-state index contributed by atoms with van der Waals surface area (Å²) in [5.74, 6) is -1.82. The number of Topliss-reactive ketones (excluding diaryl/α,β-unsaturated/α-hetero) is 1. The molecule has 1 aliphatic heterocycles. The predicted octanol–water partition coefficient (Wildman–Crippen LogP) is 4.65. The number of aryl methyl sites for hydroxylation is 1. The number of aromatic nitrogens is 1. The van der Waals surface area contributed by atoms with Gasteiger partial charge in [-0.15, -0.1) is 0 Å². The van der Waals surface area contributed by atoms with Gasteiger partial charge in [0.05, 0.1) is 22.9 Å². The lowest BCUT2D eigenvalue weighted by Crippen LogP contribution is -2.29. The number of anilines is 1. The largest absolute Gasteiger partial charge is 0.507 e. The summed E-state index contributed by atoms with van der Waals surface area (Å²) in [4.78, 5) is 31.8. The van der Waals surface area contributed by atoms with E-state index in [2.05, 4.69) is 20.9 Å². The number of ketones is 1. The second-order valence-electron chi connectivity index (χ2n) is 7.05. The molecule has 152 valence electrons. The number of aliphatic hydroxyl groups excluding tert-OH is 1. The van der Waals surface area contributed by atoms with Gasteiger partial charge in [0.25, 0.3) is 11.7 Å². The molecule has 0 saturated carbocycles. The first-order chi connectivity index (χ1) is 14.9. The molecule has 2 aromatic carbocycles. The highest BCUT2D eigenvalue weighted by Crippen LogP contribution is 2.41. The topological polar surface area (TPSA) is 94.3 Å². The van der Waals surface area contributed by atoms with Gasteiger partial charge in [-0.3, -0.25) is 19.5 Å². The molecule has 7 heteroatoms. The quantitative estimate of drug-likeness (QED) is 0.339. The molecule has 2 heterocycles. The molecule has 1 aromatic heterocycles. The monoisotopic (exact) mass is 473 g/mol. The molecule has 1 amide bonds. The zero-order valence-electron chi connectivity index (χ0n) is 16.4. The van der Waals surface area contributed by atoms with Crippen molar-refractivity contribution in [2.24, 2.45) is 0 Å². The highest BCUT2D eigenvalue weighted by Gasteiger charge is 2.47. The van der Waals surface area contributed by atoms with Crippen molar-refractivity contribution >= 4 is 39.1 Å². The molecular formula is C24H16BrN3O3. The predicted molar refractivity (Wildman–Crippen MR) is 119 cm³/mol. The number of hydrogen-bond donors (Lipinski definition) is 1. The van der Waals surface area contributed by atoms with Gasteiger partial charge >= 0.3 is 0 Å². The second kappa shape index (κ2) is 8.17. The number of benzene rings is 2. The number of nitrogens with zero attached hydrogens (tertiary/aromatic N) is 3. The molecule has 1 N–H and O–H groups in total. The summed E-state index contributed by atoms with van der Waals surface area (Å²) in [5.41, 5.74) is 2.58. The van der Waals surface area contributed by atoms with E-state index < -0.39 is 17.7 Å². The highest BCUT2D eigenvalue weighted by molar-refractivity contribution is 9.10. The van der Waals surface area contributed by atoms with Gasteiger partial charge in [-0.1, -0.05) is 28.1 Å². The third-order valence-electron chi connectivity index (χ3n) is 5.12. The molecule has 0 bridgehead atoms. The van der Waals surface area contributed by atoms with E-state index in [1.165, 1.54) is 4.90 Å². The van der Waals surface area contributed by atoms with E-state index >= 15 is 0 Å². The highest BCUT2D eigenvalue weighted by atomic mass is 79.9. The fraction of sp³-hybridized carbons (Fsp3) is 0.0833. The number of halogens is 1. The lowest BCUT2D eigenvalue weighted by atomic mass is 9.97. The van der Waals surface area contributed by atoms with Crippen LogP contribution in [0.4, 0.5) is 5.69 Å². The Morgan fingerprint density at radius 2 is 1.87 bits per heavy atom. The Hall–Kier alpha value is -3.76. The summed E-state index contributed by atoms with van der Waals surface area (Å²) >= 11 is 3.42. The first-order valence-electron chi connectivity index (χ1n) is 9.41. The summed E-state index contributed by atoms with van der Waals surface area (Å²) in [5, 5.41) is 20.2. The molecule has 3 aromatic rings. The first kappa shape index (κ1) is 20.5. The smallest absolute Gasteiger partial charge is 0.300 e. The van der Waals surface area contributed by atoms with Gasteiger partial charge in [0.1, 0.15) is 11.8 Å². The van der Waals surface area contributed by atoms with E-state index in [9.17, 15) is 14.7 Å². The van der Waals surface area contributed by atoms with Crippen LogP contribution >= 0.6 is 15.9 Å². The first-order valence-corrected chi connectivity index (χ1v) is 10.2. The zero-order chi connectivity index (χ0) is 22.1. The lowest BCUT2D eigenvalue weighted by molar-refractivity contribution is -0.132. The van der Waals surface area contributed by atoms with Crippen molar-refractivity contribution < 1.29 is 14.7 Å². The number of carbonyl (C=O) groups is 2. The van der Waals surface area contributed by atoms with Crippen LogP contribution in [0.15, 0.2) is 76.9 Å². The molecule has 0 spiro atoms. The van der Waals surface area contributed by atoms with E-state index in [4.69, 9.17) is 5.26 Å². The number of pyridine rings is 1. The van der Waals surface area contributed by atoms with E-state index in [0.717, 1.165) is 10.0 Å². The molecule has 1 fully saturated rings. The molecule has 1 atom stereocenters. The van der Waals surface area contributed by atoms with Crippen LogP contribution in [0.5, 0.6) is 0 Å². The maximum atomic E-state index is 13.1. The van der Waals surface area contributed by atoms with E-state index in [1.807, 2.05) is 13.0 Å². The summed E-state index contributed by atoms with van der Waals surface area (Å²) in [6.45, 7) is 1.87. The van der Waals surface area contributed by atoms with Crippen LogP contribution in [-0.2, 0) is 9.59 Å². The van der Waals surface area contributed by atoms with Crippen molar-refractivity contribution in [2.75, 3.05) is 4.90 Å². The van der Waals surface area contributed by atoms with Gasteiger partial charge in [0.15, 0.2) is 0 Å². The second-order valence-corrected chi connectivity index (χ2v) is 7.90. The molecule has 1 aliphatic rings. The Balaban J connectivity index is 1.93. The van der Waals surface area contributed by atoms with E-state index in [0.29, 0.717) is 22.5 Å². The molecule has 1 saturated heterocycles. The molecule has 4 rings (SSSR count). The minimum Gasteiger partial charge on any atom is -0.507 e. The third-order valence-corrected chi connectivity index (χ3v) is 6.01. The minimum atomic E-state index is -0.905. The van der Waals surface area contributed by atoms with Crippen LogP contribution < -0.4 is 4.90 Å². The summed E-state index contributed by atoms with van der Waals surface area (Å²) < 4.78 is 0.864. The van der Waals surface area contributed by atoms with Crippen LogP contribution in [0.2, 0.25) is 0 Å². The molecule has 31 heavy (non-hydrogen) atoms. The number of amides is 1. The van der Waals surface area contributed by atoms with Gasteiger partial charge in [-0.05, 0) is 61.0 Å². The average molecular weight is 474 g/mol. The molecule has 1 unspecified atom stereocenters. The van der Waals surface area contributed by atoms with Gasteiger partial charge in [-0.2, -0.15) is 5.26 Å². The maximum absolute atomic E-state index is 13.1. The zero-order valence-corrected chi connectivity index (χ0v) is 18.0. The van der Waals surface area contributed by atoms with Crippen molar-refractivity contribution in [3.8, 4) is 6.07 Å². The molecule has 0 aliphatic carbocycles. The van der Waals surface area contributed by atoms with Crippen molar-refractivity contribution in [1.82, 2.24) is 4.98 Å². The van der Waals surface area contributed by atoms with Crippen LogP contribution in [0.1, 0.15) is 28.4 Å². The standard InChI is InChI=1S/C24H16BrN3O3/c1-14-12-16(7-10-18(14)25)22(29)20-21(19-4-2-3-11-27-19)28(24(31)23(20)30)17-8-5-15(13-26)6-9-17/h2-12,21,29H,1H3/b22-20-. The van der Waals surface area contributed by atoms with Crippen molar-refractivity contribution in [3.63, 3.8) is 0 Å². The summed E-state index contributed by atoms with van der Waals surface area (Å²) in [6.07, 6.45) is 1.57. The Morgan fingerprint density at radius 3 is 2.48 bits per heavy atom. The average Bonchev–Trinajstić information content (AvgIpc) is 3.06. The van der Waals surface area contributed by atoms with Gasteiger partial charge in [0.2, 0.25) is 0 Å². The van der Waals surface area contributed by atoms with Gasteiger partial charge in [0, 0.05) is 21.9 Å². The number of aliphatic hydroxyl groups is 1. The third kappa shape index (κ3) is 3.62. The van der Waals surface area contributed by atoms with Crippen molar-refractivity contribution in [2.45, 2.75) is 13.0 Å². The number of hydrogen-bond acceptors (Lipinski definition) is 5. The van der Waals surface area contributed by atoms with Crippen LogP contribution in [-0.4, -0.2) is 21.8 Å². The Morgan fingerprint density at radius 1 is 1.13 bits per heavy atom. The molecule has 0 radical (unpaired) electrons. The summed E-state index contributed by atoms with van der Waals surface area (Å²) in [7, 11) is 0. The normalized spacial score (nSPS) is 17.6. The maximum Gasteiger partial charge on any atom is 0.300 e. The van der Waals surface area contributed by atoms with Crippen molar-refractivity contribution in [3.05, 3.63) is 99.3 Å². The van der Waals surface area contributed by atoms with E-state index in [1.54, 1.807) is 66.9 Å². The van der Waals surface area contributed by atoms with Crippen molar-refractivity contribution in [1.29, 1.82) is 5.26 Å². The van der Waals surface area contributed by atoms with Crippen LogP contribution in [0.3, 0.4) is 0 Å².